The van der Waals surface area contributed by atoms with E-state index >= 15 is 0 Å². The molecule has 0 bridgehead atoms. The van der Waals surface area contributed by atoms with Gasteiger partial charge in [-0.2, -0.15) is 0 Å². The summed E-state index contributed by atoms with van der Waals surface area (Å²) in [5.41, 5.74) is 0. The first-order chi connectivity index (χ1) is 12.0. The Morgan fingerprint density at radius 1 is 0.960 bits per heavy atom. The highest BCUT2D eigenvalue weighted by Gasteiger charge is 2.12. The second kappa shape index (κ2) is 16.8. The maximum atomic E-state index is 11.9. The number of carbonyl (C=O) groups excluding carboxylic acids is 1. The van der Waals surface area contributed by atoms with Gasteiger partial charge in [0.15, 0.2) is 0 Å². The topological polar surface area (TPSA) is 49.8 Å². The summed E-state index contributed by atoms with van der Waals surface area (Å²) in [5, 5.41) is 9.39. The van der Waals surface area contributed by atoms with Gasteiger partial charge in [-0.15, -0.1) is 0 Å². The van der Waals surface area contributed by atoms with Crippen molar-refractivity contribution >= 4 is 5.97 Å². The van der Waals surface area contributed by atoms with E-state index < -0.39 is 6.23 Å². The summed E-state index contributed by atoms with van der Waals surface area (Å²) in [6.45, 7) is 7.70. The molecule has 0 saturated heterocycles. The fraction of sp³-hybridized carbons (Fsp3) is 0.952. The normalized spacial score (nSPS) is 13.8. The molecule has 0 aromatic carbocycles. The molecule has 0 aromatic rings. The predicted molar refractivity (Wildman–Crippen MR) is 106 cm³/mol. The van der Waals surface area contributed by atoms with Crippen molar-refractivity contribution in [1.82, 2.24) is 4.90 Å². The van der Waals surface area contributed by atoms with Crippen molar-refractivity contribution in [2.75, 3.05) is 20.2 Å². The molecule has 0 aliphatic heterocycles. The zero-order valence-corrected chi connectivity index (χ0v) is 17.3. The van der Waals surface area contributed by atoms with Gasteiger partial charge in [0.1, 0.15) is 6.23 Å². The van der Waals surface area contributed by atoms with Gasteiger partial charge in [-0.1, -0.05) is 58.8 Å². The van der Waals surface area contributed by atoms with Crippen molar-refractivity contribution in [2.24, 2.45) is 5.92 Å². The summed E-state index contributed by atoms with van der Waals surface area (Å²) < 4.78 is 5.53. The Balaban J connectivity index is 3.80. The van der Waals surface area contributed by atoms with E-state index in [2.05, 4.69) is 13.8 Å². The van der Waals surface area contributed by atoms with Crippen LogP contribution in [0, 0.1) is 5.92 Å². The number of aliphatic hydroxyl groups excluding tert-OH is 1. The molecule has 1 N–H and O–H groups in total. The molecule has 2 atom stereocenters. The zero-order chi connectivity index (χ0) is 18.9. The van der Waals surface area contributed by atoms with Crippen LogP contribution in [0.5, 0.6) is 0 Å². The monoisotopic (exact) mass is 357 g/mol. The molecule has 2 unspecified atom stereocenters. The minimum Gasteiger partial charge on any atom is -0.465 e. The summed E-state index contributed by atoms with van der Waals surface area (Å²) >= 11 is 0. The largest absolute Gasteiger partial charge is 0.465 e. The third-order valence-corrected chi connectivity index (χ3v) is 4.94. The highest BCUT2D eigenvalue weighted by Crippen LogP contribution is 2.18. The molecule has 4 nitrogen and oxygen atoms in total. The maximum absolute atomic E-state index is 11.9. The molecule has 0 saturated carbocycles. The molecule has 0 spiro atoms. The summed E-state index contributed by atoms with van der Waals surface area (Å²) in [5.74, 6) is 0.499. The van der Waals surface area contributed by atoms with Gasteiger partial charge in [0, 0.05) is 13.0 Å². The van der Waals surface area contributed by atoms with Crippen LogP contribution in [0.4, 0.5) is 0 Å². The van der Waals surface area contributed by atoms with Gasteiger partial charge < -0.3 is 9.84 Å². The van der Waals surface area contributed by atoms with Gasteiger partial charge in [-0.3, -0.25) is 9.69 Å². The molecule has 4 heteroatoms. The standard InChI is InChI=1S/C21H43NO3/c1-5-7-9-11-15-20(14-8-6-2)18-25-21(24)16-12-10-13-17-22(4)19(3)23/h19-20,23H,5-18H2,1-4H3. The zero-order valence-electron chi connectivity index (χ0n) is 17.3. The van der Waals surface area contributed by atoms with Crippen LogP contribution in [0.1, 0.15) is 97.8 Å². The second-order valence-electron chi connectivity index (χ2n) is 7.46. The number of unbranched alkanes of at least 4 members (excludes halogenated alkanes) is 6. The lowest BCUT2D eigenvalue weighted by atomic mass is 9.96. The molecule has 0 fully saturated rings. The van der Waals surface area contributed by atoms with Crippen molar-refractivity contribution in [1.29, 1.82) is 0 Å². The van der Waals surface area contributed by atoms with E-state index in [0.717, 1.165) is 25.8 Å². The van der Waals surface area contributed by atoms with Crippen LogP contribution in [-0.4, -0.2) is 42.4 Å². The average Bonchev–Trinajstić information content (AvgIpc) is 2.59. The SMILES string of the molecule is CCCCCCC(CCCC)COC(=O)CCCCCN(C)C(C)O. The summed E-state index contributed by atoms with van der Waals surface area (Å²) in [4.78, 5) is 13.8. The number of esters is 1. The molecular formula is C21H43NO3. The van der Waals surface area contributed by atoms with E-state index in [0.29, 0.717) is 18.9 Å². The fourth-order valence-electron chi connectivity index (χ4n) is 2.94. The first-order valence-electron chi connectivity index (χ1n) is 10.5. The van der Waals surface area contributed by atoms with Crippen LogP contribution >= 0.6 is 0 Å². The third-order valence-electron chi connectivity index (χ3n) is 4.94. The summed E-state index contributed by atoms with van der Waals surface area (Å²) in [6.07, 6.45) is 13.0. The van der Waals surface area contributed by atoms with E-state index in [4.69, 9.17) is 4.74 Å². The summed E-state index contributed by atoms with van der Waals surface area (Å²) in [6, 6.07) is 0. The van der Waals surface area contributed by atoms with Gasteiger partial charge in [-0.05, 0) is 45.6 Å². The van der Waals surface area contributed by atoms with Crippen LogP contribution in [0.25, 0.3) is 0 Å². The lowest BCUT2D eigenvalue weighted by Gasteiger charge is -2.19. The van der Waals surface area contributed by atoms with Gasteiger partial charge in [0.25, 0.3) is 0 Å². The van der Waals surface area contributed by atoms with E-state index in [1.54, 1.807) is 6.92 Å². The van der Waals surface area contributed by atoms with E-state index in [1.165, 1.54) is 51.4 Å². The highest BCUT2D eigenvalue weighted by atomic mass is 16.5. The van der Waals surface area contributed by atoms with E-state index in [1.807, 2.05) is 11.9 Å². The Labute approximate surface area is 156 Å². The first kappa shape index (κ1) is 24.4. The minimum absolute atomic E-state index is 0.0427. The second-order valence-corrected chi connectivity index (χ2v) is 7.46. The number of aliphatic hydroxyl groups is 1. The van der Waals surface area contributed by atoms with Crippen molar-refractivity contribution in [3.8, 4) is 0 Å². The molecule has 0 rings (SSSR count). The number of ether oxygens (including phenoxy) is 1. The van der Waals surface area contributed by atoms with Crippen LogP contribution in [0.15, 0.2) is 0 Å². The summed E-state index contributed by atoms with van der Waals surface area (Å²) in [7, 11) is 1.91. The van der Waals surface area contributed by atoms with Crippen molar-refractivity contribution in [2.45, 2.75) is 104 Å². The van der Waals surface area contributed by atoms with Crippen LogP contribution < -0.4 is 0 Å². The molecule has 0 heterocycles. The Bertz CT molecular complexity index is 308. The number of rotatable bonds is 17. The smallest absolute Gasteiger partial charge is 0.305 e. The van der Waals surface area contributed by atoms with E-state index in [9.17, 15) is 9.90 Å². The van der Waals surface area contributed by atoms with Crippen molar-refractivity contribution in [3.05, 3.63) is 0 Å². The Morgan fingerprint density at radius 2 is 1.60 bits per heavy atom. The molecule has 0 aliphatic carbocycles. The molecule has 0 radical (unpaired) electrons. The van der Waals surface area contributed by atoms with Crippen LogP contribution in [0.2, 0.25) is 0 Å². The van der Waals surface area contributed by atoms with E-state index in [-0.39, 0.29) is 5.97 Å². The number of hydrogen-bond donors (Lipinski definition) is 1. The third kappa shape index (κ3) is 15.4. The lowest BCUT2D eigenvalue weighted by Crippen LogP contribution is -2.29. The minimum atomic E-state index is -0.401. The number of hydrogen-bond acceptors (Lipinski definition) is 4. The van der Waals surface area contributed by atoms with Gasteiger partial charge in [0.05, 0.1) is 6.61 Å². The quantitative estimate of drug-likeness (QED) is 0.222. The molecule has 0 aromatic heterocycles. The number of carbonyl (C=O) groups is 1. The van der Waals surface area contributed by atoms with Crippen molar-refractivity contribution < 1.29 is 14.6 Å². The predicted octanol–water partition coefficient (Wildman–Crippen LogP) is 5.14. The molecule has 0 amide bonds. The first-order valence-corrected chi connectivity index (χ1v) is 10.5. The fourth-order valence-corrected chi connectivity index (χ4v) is 2.94. The highest BCUT2D eigenvalue weighted by molar-refractivity contribution is 5.69. The van der Waals surface area contributed by atoms with Crippen LogP contribution in [-0.2, 0) is 9.53 Å². The maximum Gasteiger partial charge on any atom is 0.305 e. The molecule has 0 aliphatic rings. The van der Waals surface area contributed by atoms with Gasteiger partial charge >= 0.3 is 5.97 Å². The van der Waals surface area contributed by atoms with Crippen molar-refractivity contribution in [3.63, 3.8) is 0 Å². The van der Waals surface area contributed by atoms with Crippen LogP contribution in [0.3, 0.4) is 0 Å². The Kier molecular flexibility index (Phi) is 16.4. The van der Waals surface area contributed by atoms with Gasteiger partial charge in [-0.25, -0.2) is 0 Å². The molecular weight excluding hydrogens is 314 g/mol. The Morgan fingerprint density at radius 3 is 2.24 bits per heavy atom. The Hall–Kier alpha value is -0.610. The van der Waals surface area contributed by atoms with Gasteiger partial charge in [0.2, 0.25) is 0 Å². The lowest BCUT2D eigenvalue weighted by molar-refractivity contribution is -0.145. The molecule has 25 heavy (non-hydrogen) atoms. The number of nitrogens with zero attached hydrogens (tertiary/aromatic N) is 1. The average molecular weight is 358 g/mol. The molecule has 150 valence electrons.